The number of anilines is 1. The standard InChI is InChI=1S/C43H58ClN5O8S/c1-5-11-28(40(53)37(52)20-26-16-17-26)21-35(50)34-22-30(57-38-19-18-29(44)24-45-38)25-48(34)41(54)31(43(2,3)4)23-36(51)39(27-12-7-6-8-13-27)47-42(58)46-32-14-9-10-15-33(32)49(55)56/h9-10,14-15,18-19,24,26-28,30-31,34,39-40,53H,5-8,11-13,16-17,20-23,25H2,1-4H3,(H2,46,47,58)/t28-,30-,31-,34+,39+,40?/m1/s1. The third-order valence-electron chi connectivity index (χ3n) is 11.8. The fourth-order valence-electron chi connectivity index (χ4n) is 8.42. The molecular formula is C43H58ClN5O8S. The van der Waals surface area contributed by atoms with Gasteiger partial charge in [-0.15, -0.1) is 0 Å². The molecule has 3 N–H and O–H groups in total. The summed E-state index contributed by atoms with van der Waals surface area (Å²) in [5, 5.41) is 29.4. The van der Waals surface area contributed by atoms with Gasteiger partial charge < -0.3 is 25.4 Å². The molecule has 1 unspecified atom stereocenters. The normalized spacial score (nSPS) is 20.7. The Morgan fingerprint density at radius 1 is 1.05 bits per heavy atom. The largest absolute Gasteiger partial charge is 0.472 e. The van der Waals surface area contributed by atoms with Crippen molar-refractivity contribution in [2.75, 3.05) is 11.9 Å². The van der Waals surface area contributed by atoms with Gasteiger partial charge in [-0.05, 0) is 79.6 Å². The van der Waals surface area contributed by atoms with Gasteiger partial charge in [0.25, 0.3) is 5.69 Å². The molecular weight excluding hydrogens is 782 g/mol. The van der Waals surface area contributed by atoms with Crippen molar-refractivity contribution in [1.82, 2.24) is 15.2 Å². The van der Waals surface area contributed by atoms with Crippen LogP contribution in [0.5, 0.6) is 5.88 Å². The van der Waals surface area contributed by atoms with Crippen molar-refractivity contribution < 1.29 is 33.9 Å². The van der Waals surface area contributed by atoms with E-state index in [1.807, 2.05) is 27.7 Å². The number of aliphatic hydroxyl groups excluding tert-OH is 1. The number of thiocarbonyl (C=S) groups is 1. The molecule has 13 nitrogen and oxygen atoms in total. The summed E-state index contributed by atoms with van der Waals surface area (Å²) in [5.41, 5.74) is -0.679. The maximum absolute atomic E-state index is 14.9. The lowest BCUT2D eigenvalue weighted by atomic mass is 9.74. The summed E-state index contributed by atoms with van der Waals surface area (Å²) in [5.74, 6) is -2.02. The second-order valence-corrected chi connectivity index (χ2v) is 18.3. The second-order valence-electron chi connectivity index (χ2n) is 17.4. The summed E-state index contributed by atoms with van der Waals surface area (Å²) in [6, 6.07) is 7.71. The molecule has 0 bridgehead atoms. The maximum Gasteiger partial charge on any atom is 0.292 e. The zero-order chi connectivity index (χ0) is 42.1. The number of ether oxygens (including phenoxy) is 1. The molecule has 2 aliphatic carbocycles. The van der Waals surface area contributed by atoms with E-state index in [0.29, 0.717) is 30.2 Å². The first-order valence-corrected chi connectivity index (χ1v) is 21.5. The molecule has 1 aromatic carbocycles. The van der Waals surface area contributed by atoms with E-state index in [1.54, 1.807) is 30.3 Å². The molecule has 0 radical (unpaired) electrons. The van der Waals surface area contributed by atoms with Gasteiger partial charge in [0.2, 0.25) is 11.8 Å². The number of halogens is 1. The number of nitro groups is 1. The molecule has 1 saturated heterocycles. The zero-order valence-corrected chi connectivity index (χ0v) is 35.6. The first kappa shape index (κ1) is 45.1. The van der Waals surface area contributed by atoms with E-state index in [0.717, 1.165) is 44.9 Å². The van der Waals surface area contributed by atoms with E-state index in [4.69, 9.17) is 28.6 Å². The van der Waals surface area contributed by atoms with Gasteiger partial charge in [-0.2, -0.15) is 0 Å². The van der Waals surface area contributed by atoms with Gasteiger partial charge in [-0.25, -0.2) is 4.98 Å². The smallest absolute Gasteiger partial charge is 0.292 e. The lowest BCUT2D eigenvalue weighted by Gasteiger charge is -2.37. The van der Waals surface area contributed by atoms with Crippen molar-refractivity contribution in [3.63, 3.8) is 0 Å². The van der Waals surface area contributed by atoms with E-state index in [1.165, 1.54) is 17.2 Å². The van der Waals surface area contributed by atoms with Crippen molar-refractivity contribution >= 4 is 63.6 Å². The van der Waals surface area contributed by atoms with Crippen LogP contribution >= 0.6 is 23.8 Å². The molecule has 1 aliphatic heterocycles. The van der Waals surface area contributed by atoms with Crippen LogP contribution in [-0.2, 0) is 19.2 Å². The number of ketones is 3. The van der Waals surface area contributed by atoms with Gasteiger partial charge in [0.15, 0.2) is 22.5 Å². The number of para-hydroxylation sites is 2. The van der Waals surface area contributed by atoms with Crippen LogP contribution < -0.4 is 15.4 Å². The van der Waals surface area contributed by atoms with Crippen LogP contribution in [-0.4, -0.2) is 79.1 Å². The maximum atomic E-state index is 14.9. The molecule has 5 rings (SSSR count). The molecule has 0 spiro atoms. The first-order valence-electron chi connectivity index (χ1n) is 20.7. The molecule has 3 fully saturated rings. The number of nitrogens with zero attached hydrogens (tertiary/aromatic N) is 3. The Bertz CT molecular complexity index is 1800. The Kier molecular flexibility index (Phi) is 15.8. The van der Waals surface area contributed by atoms with Gasteiger partial charge in [-0.3, -0.25) is 29.3 Å². The molecule has 1 aromatic heterocycles. The summed E-state index contributed by atoms with van der Waals surface area (Å²) >= 11 is 11.7. The first-order chi connectivity index (χ1) is 27.5. The van der Waals surface area contributed by atoms with Gasteiger partial charge in [0.1, 0.15) is 17.9 Å². The molecule has 316 valence electrons. The summed E-state index contributed by atoms with van der Waals surface area (Å²) in [4.78, 5) is 73.8. The van der Waals surface area contributed by atoms with E-state index in [-0.39, 0.29) is 77.3 Å². The number of benzene rings is 1. The third kappa shape index (κ3) is 12.3. The van der Waals surface area contributed by atoms with Crippen LogP contribution in [0.4, 0.5) is 11.4 Å². The molecule has 15 heteroatoms. The number of likely N-dealkylation sites (tertiary alicyclic amines) is 1. The van der Waals surface area contributed by atoms with Crippen LogP contribution in [0.25, 0.3) is 0 Å². The number of hydrogen-bond donors (Lipinski definition) is 3. The lowest BCUT2D eigenvalue weighted by Crippen LogP contribution is -2.51. The summed E-state index contributed by atoms with van der Waals surface area (Å²) in [6.45, 7) is 7.69. The van der Waals surface area contributed by atoms with Gasteiger partial charge >= 0.3 is 0 Å². The highest BCUT2D eigenvalue weighted by Gasteiger charge is 2.47. The number of pyridine rings is 1. The van der Waals surface area contributed by atoms with Gasteiger partial charge in [-0.1, -0.05) is 77.1 Å². The monoisotopic (exact) mass is 839 g/mol. The van der Waals surface area contributed by atoms with Crippen molar-refractivity contribution in [2.24, 2.45) is 29.1 Å². The van der Waals surface area contributed by atoms with Gasteiger partial charge in [0.05, 0.1) is 28.6 Å². The Morgan fingerprint density at radius 2 is 1.76 bits per heavy atom. The van der Waals surface area contributed by atoms with Crippen molar-refractivity contribution in [2.45, 2.75) is 135 Å². The van der Waals surface area contributed by atoms with Crippen LogP contribution in [0.3, 0.4) is 0 Å². The number of carbonyl (C=O) groups excluding carboxylic acids is 4. The number of aliphatic hydroxyl groups is 1. The minimum absolute atomic E-state index is 0.0656. The number of nitrogens with one attached hydrogen (secondary N) is 2. The van der Waals surface area contributed by atoms with E-state index in [2.05, 4.69) is 15.6 Å². The molecule has 2 saturated carbocycles. The lowest BCUT2D eigenvalue weighted by molar-refractivity contribution is -0.383. The number of amides is 1. The Balaban J connectivity index is 1.39. The molecule has 1 amide bonds. The molecule has 3 aliphatic rings. The van der Waals surface area contributed by atoms with Crippen molar-refractivity contribution in [1.29, 1.82) is 0 Å². The highest BCUT2D eigenvalue weighted by molar-refractivity contribution is 7.80. The predicted octanol–water partition coefficient (Wildman–Crippen LogP) is 7.65. The number of Topliss-reactive ketones (excluding diaryl/α,β-unsaturated/α-hetero) is 3. The van der Waals surface area contributed by atoms with Crippen LogP contribution in [0.2, 0.25) is 5.02 Å². The average molecular weight is 840 g/mol. The number of nitro benzene ring substituents is 1. The molecule has 58 heavy (non-hydrogen) atoms. The number of aromatic nitrogens is 1. The highest BCUT2D eigenvalue weighted by Crippen LogP contribution is 2.38. The van der Waals surface area contributed by atoms with Crippen LogP contribution in [0.1, 0.15) is 111 Å². The quantitative estimate of drug-likeness (QED) is 0.0715. The Morgan fingerprint density at radius 3 is 2.38 bits per heavy atom. The minimum atomic E-state index is -1.27. The van der Waals surface area contributed by atoms with Gasteiger partial charge in [0, 0.05) is 49.9 Å². The zero-order valence-electron chi connectivity index (χ0n) is 34.0. The summed E-state index contributed by atoms with van der Waals surface area (Å²) in [7, 11) is 0. The highest BCUT2D eigenvalue weighted by atomic mass is 35.5. The fourth-order valence-corrected chi connectivity index (χ4v) is 8.77. The van der Waals surface area contributed by atoms with Crippen LogP contribution in [0, 0.1) is 39.2 Å². The van der Waals surface area contributed by atoms with E-state index < -0.39 is 46.5 Å². The van der Waals surface area contributed by atoms with E-state index >= 15 is 0 Å². The molecule has 2 aromatic rings. The second kappa shape index (κ2) is 20.3. The molecule has 2 heterocycles. The predicted molar refractivity (Wildman–Crippen MR) is 226 cm³/mol. The summed E-state index contributed by atoms with van der Waals surface area (Å²) < 4.78 is 6.20. The van der Waals surface area contributed by atoms with Crippen molar-refractivity contribution in [3.8, 4) is 5.88 Å². The Hall–Kier alpha value is -4.01. The third-order valence-corrected chi connectivity index (χ3v) is 12.3. The SMILES string of the molecule is CCC[C@H](CC(=O)[C@@H]1C[C@@H](Oc2ccc(Cl)cn2)CN1C(=O)[C@@H](CC(=O)[C@@H](NC(=S)Nc1ccccc1[N+](=O)[O-])C1CCCCC1)C(C)(C)C)C(O)C(=O)CC1CC1. The molecule has 6 atom stereocenters. The number of hydrogen-bond acceptors (Lipinski definition) is 10. The van der Waals surface area contributed by atoms with Crippen LogP contribution in [0.15, 0.2) is 42.6 Å². The van der Waals surface area contributed by atoms with E-state index in [9.17, 15) is 34.4 Å². The Labute approximate surface area is 351 Å². The minimum Gasteiger partial charge on any atom is -0.472 e. The summed E-state index contributed by atoms with van der Waals surface area (Å²) in [6.07, 6.45) is 7.38. The fraction of sp³-hybridized carbons (Fsp3) is 0.628. The number of rotatable bonds is 19. The number of carbonyl (C=O) groups is 4. The topological polar surface area (TPSA) is 181 Å². The van der Waals surface area contributed by atoms with Crippen molar-refractivity contribution in [3.05, 3.63) is 57.7 Å². The average Bonchev–Trinajstić information content (AvgIpc) is 3.90.